The van der Waals surface area contributed by atoms with Crippen LogP contribution in [0.25, 0.3) is 0 Å². The van der Waals surface area contributed by atoms with E-state index in [9.17, 15) is 0 Å². The van der Waals surface area contributed by atoms with Crippen LogP contribution in [0.2, 0.25) is 0 Å². The van der Waals surface area contributed by atoms with Crippen molar-refractivity contribution in [2.24, 2.45) is 4.99 Å². The monoisotopic (exact) mass is 422 g/mol. The van der Waals surface area contributed by atoms with Gasteiger partial charge in [-0.25, -0.2) is 0 Å². The predicted molar refractivity (Wildman–Crippen MR) is 120 cm³/mol. The molecule has 1 aliphatic heterocycles. The van der Waals surface area contributed by atoms with Gasteiger partial charge in [-0.3, -0.25) is 9.89 Å². The number of guanidine groups is 1. The fraction of sp³-hybridized carbons (Fsp3) is 0.682. The van der Waals surface area contributed by atoms with Crippen molar-refractivity contribution in [3.05, 3.63) is 23.8 Å². The number of aliphatic imine (C=N–C) groups is 1. The third-order valence-electron chi connectivity index (χ3n) is 5.26. The van der Waals surface area contributed by atoms with Crippen molar-refractivity contribution >= 4 is 5.96 Å². The first-order valence-corrected chi connectivity index (χ1v) is 10.5. The van der Waals surface area contributed by atoms with Crippen LogP contribution in [0.5, 0.6) is 11.5 Å². The van der Waals surface area contributed by atoms with E-state index in [1.54, 1.807) is 21.3 Å². The largest absolute Gasteiger partial charge is 0.493 e. The maximum atomic E-state index is 5.56. The zero-order valence-corrected chi connectivity index (χ0v) is 19.3. The number of rotatable bonds is 10. The lowest BCUT2D eigenvalue weighted by molar-refractivity contribution is 0.0169. The summed E-state index contributed by atoms with van der Waals surface area (Å²) in [5.41, 5.74) is 0.852. The third kappa shape index (κ3) is 7.04. The van der Waals surface area contributed by atoms with E-state index >= 15 is 0 Å². The van der Waals surface area contributed by atoms with E-state index in [0.717, 1.165) is 55.9 Å². The van der Waals surface area contributed by atoms with Gasteiger partial charge < -0.3 is 29.6 Å². The van der Waals surface area contributed by atoms with Gasteiger partial charge in [0.25, 0.3) is 0 Å². The molecule has 1 unspecified atom stereocenters. The van der Waals surface area contributed by atoms with Gasteiger partial charge >= 0.3 is 0 Å². The van der Waals surface area contributed by atoms with Crippen LogP contribution in [0.3, 0.4) is 0 Å². The van der Waals surface area contributed by atoms with E-state index in [0.29, 0.717) is 13.1 Å². The Bertz CT molecular complexity index is 675. The quantitative estimate of drug-likeness (QED) is 0.441. The molecule has 0 radical (unpaired) electrons. The summed E-state index contributed by atoms with van der Waals surface area (Å²) >= 11 is 0. The summed E-state index contributed by atoms with van der Waals surface area (Å²) in [6.45, 7) is 11.4. The summed E-state index contributed by atoms with van der Waals surface area (Å²) in [5.74, 6) is 2.24. The van der Waals surface area contributed by atoms with Gasteiger partial charge in [0, 0.05) is 33.3 Å². The van der Waals surface area contributed by atoms with Crippen LogP contribution in [0, 0.1) is 0 Å². The highest BCUT2D eigenvalue weighted by Gasteiger charge is 2.24. The van der Waals surface area contributed by atoms with E-state index in [1.807, 2.05) is 19.9 Å². The van der Waals surface area contributed by atoms with Crippen molar-refractivity contribution in [3.8, 4) is 11.5 Å². The molecule has 1 saturated heterocycles. The van der Waals surface area contributed by atoms with Gasteiger partial charge in [0.05, 0.1) is 45.6 Å². The minimum Gasteiger partial charge on any atom is -0.493 e. The van der Waals surface area contributed by atoms with Crippen LogP contribution in [0.15, 0.2) is 23.2 Å². The van der Waals surface area contributed by atoms with Crippen molar-refractivity contribution in [2.75, 3.05) is 67.3 Å². The summed E-state index contributed by atoms with van der Waals surface area (Å²) in [6, 6.07) is 6.26. The highest BCUT2D eigenvalue weighted by molar-refractivity contribution is 5.79. The first-order chi connectivity index (χ1) is 14.4. The molecule has 0 bridgehead atoms. The molecular weight excluding hydrogens is 384 g/mol. The predicted octanol–water partition coefficient (Wildman–Crippen LogP) is 2.06. The van der Waals surface area contributed by atoms with E-state index in [1.165, 1.54) is 0 Å². The van der Waals surface area contributed by atoms with E-state index in [-0.39, 0.29) is 11.6 Å². The molecule has 1 fully saturated rings. The average molecular weight is 423 g/mol. The number of methoxy groups -OCH3 is 3. The van der Waals surface area contributed by atoms with E-state index < -0.39 is 0 Å². The standard InChI is InChI=1S/C22H38N4O4/c1-7-23-21(25-16-22(2,3)29-6)24-15-18(26-10-12-30-13-11-26)17-8-9-19(27-4)20(14-17)28-5/h8-9,14,18H,7,10-13,15-16H2,1-6H3,(H2,23,24,25). The molecule has 8 nitrogen and oxygen atoms in total. The number of morpholine rings is 1. The maximum Gasteiger partial charge on any atom is 0.191 e. The van der Waals surface area contributed by atoms with Crippen molar-refractivity contribution in [3.63, 3.8) is 0 Å². The second-order valence-electron chi connectivity index (χ2n) is 7.82. The number of benzene rings is 1. The smallest absolute Gasteiger partial charge is 0.191 e. The first kappa shape index (κ1) is 24.2. The Morgan fingerprint density at radius 2 is 1.83 bits per heavy atom. The Balaban J connectivity index is 2.21. The third-order valence-corrected chi connectivity index (χ3v) is 5.26. The molecule has 170 valence electrons. The normalized spacial score (nSPS) is 16.8. The van der Waals surface area contributed by atoms with Crippen molar-refractivity contribution in [1.82, 2.24) is 15.5 Å². The van der Waals surface area contributed by atoms with Crippen LogP contribution < -0.4 is 20.1 Å². The zero-order chi connectivity index (χ0) is 22.0. The molecule has 2 rings (SSSR count). The van der Waals surface area contributed by atoms with Gasteiger partial charge in [-0.1, -0.05) is 6.07 Å². The first-order valence-electron chi connectivity index (χ1n) is 10.5. The number of hydrogen-bond acceptors (Lipinski definition) is 6. The second kappa shape index (κ2) is 12.0. The summed E-state index contributed by atoms with van der Waals surface area (Å²) in [7, 11) is 5.03. The summed E-state index contributed by atoms with van der Waals surface area (Å²) in [5, 5.41) is 6.83. The number of ether oxygens (including phenoxy) is 4. The molecule has 0 saturated carbocycles. The SMILES string of the molecule is CCNC(=NCC(C)(C)OC)NCC(c1ccc(OC)c(OC)c1)N1CCOCC1. The Morgan fingerprint density at radius 3 is 2.43 bits per heavy atom. The molecule has 30 heavy (non-hydrogen) atoms. The minimum absolute atomic E-state index is 0.146. The number of hydrogen-bond donors (Lipinski definition) is 2. The Morgan fingerprint density at radius 1 is 1.13 bits per heavy atom. The van der Waals surface area contributed by atoms with Gasteiger partial charge in [-0.15, -0.1) is 0 Å². The lowest BCUT2D eigenvalue weighted by atomic mass is 10.0. The van der Waals surface area contributed by atoms with Crippen LogP contribution in [0.4, 0.5) is 0 Å². The van der Waals surface area contributed by atoms with Crippen molar-refractivity contribution in [1.29, 1.82) is 0 Å². The van der Waals surface area contributed by atoms with Gasteiger partial charge in [-0.2, -0.15) is 0 Å². The topological polar surface area (TPSA) is 76.6 Å². The molecule has 0 spiro atoms. The molecular formula is C22H38N4O4. The molecule has 1 aliphatic rings. The van der Waals surface area contributed by atoms with Crippen LogP contribution in [0.1, 0.15) is 32.4 Å². The second-order valence-corrected chi connectivity index (χ2v) is 7.82. The van der Waals surface area contributed by atoms with Gasteiger partial charge in [0.15, 0.2) is 17.5 Å². The van der Waals surface area contributed by atoms with Crippen molar-refractivity contribution in [2.45, 2.75) is 32.4 Å². The van der Waals surface area contributed by atoms with Crippen LogP contribution >= 0.6 is 0 Å². The Labute approximate surface area is 180 Å². The molecule has 1 atom stereocenters. The molecule has 2 N–H and O–H groups in total. The molecule has 0 aromatic heterocycles. The van der Waals surface area contributed by atoms with E-state index in [2.05, 4.69) is 34.6 Å². The molecule has 1 aromatic carbocycles. The van der Waals surface area contributed by atoms with Crippen LogP contribution in [-0.2, 0) is 9.47 Å². The summed E-state index contributed by atoms with van der Waals surface area (Å²) in [4.78, 5) is 7.14. The average Bonchev–Trinajstić information content (AvgIpc) is 2.78. The summed E-state index contributed by atoms with van der Waals surface area (Å²) in [6.07, 6.45) is 0. The maximum absolute atomic E-state index is 5.56. The molecule has 1 heterocycles. The molecule has 8 heteroatoms. The molecule has 0 aliphatic carbocycles. The van der Waals surface area contributed by atoms with E-state index in [4.69, 9.17) is 23.9 Å². The lowest BCUT2D eigenvalue weighted by Crippen LogP contribution is -2.46. The van der Waals surface area contributed by atoms with Gasteiger partial charge in [0.1, 0.15) is 0 Å². The Kier molecular flexibility index (Phi) is 9.68. The van der Waals surface area contributed by atoms with Gasteiger partial charge in [0.2, 0.25) is 0 Å². The Hall–Kier alpha value is -2.03. The number of nitrogens with one attached hydrogen (secondary N) is 2. The minimum atomic E-state index is -0.310. The number of nitrogens with zero attached hydrogens (tertiary/aromatic N) is 2. The van der Waals surface area contributed by atoms with Crippen molar-refractivity contribution < 1.29 is 18.9 Å². The highest BCUT2D eigenvalue weighted by Crippen LogP contribution is 2.32. The van der Waals surface area contributed by atoms with Crippen LogP contribution in [-0.4, -0.2) is 83.7 Å². The fourth-order valence-corrected chi connectivity index (χ4v) is 3.28. The highest BCUT2D eigenvalue weighted by atomic mass is 16.5. The fourth-order valence-electron chi connectivity index (χ4n) is 3.28. The summed E-state index contributed by atoms with van der Waals surface area (Å²) < 4.78 is 22.0. The zero-order valence-electron chi connectivity index (χ0n) is 19.3. The van der Waals surface area contributed by atoms with Gasteiger partial charge in [-0.05, 0) is 38.5 Å². The molecule has 1 aromatic rings. The lowest BCUT2D eigenvalue weighted by Gasteiger charge is -2.35. The molecule has 0 amide bonds.